The maximum absolute atomic E-state index is 11.7. The molecule has 0 amide bonds. The van der Waals surface area contributed by atoms with Crippen LogP contribution in [0.5, 0.6) is 0 Å². The average Bonchev–Trinajstić information content (AvgIpc) is 2.20. The summed E-state index contributed by atoms with van der Waals surface area (Å²) in [4.78, 5) is 34.1. The van der Waals surface area contributed by atoms with E-state index in [2.05, 4.69) is 0 Å². The molecule has 0 aromatic carbocycles. The second-order valence-electron chi connectivity index (χ2n) is 4.38. The standard InChI is InChI=1S/C12H16O4/c1-7-5-6-12(4,11(15)9(3)14)16-10(7)8(2)13/h5-6H2,1-4H3. The van der Waals surface area contributed by atoms with Crippen LogP contribution in [0.2, 0.25) is 0 Å². The third-order valence-electron chi connectivity index (χ3n) is 2.81. The first-order valence-electron chi connectivity index (χ1n) is 5.23. The van der Waals surface area contributed by atoms with Crippen LogP contribution in [0.4, 0.5) is 0 Å². The number of carbonyl (C=O) groups is 3. The number of carbonyl (C=O) groups excluding carboxylic acids is 3. The molecule has 0 aromatic rings. The molecule has 0 aliphatic carbocycles. The summed E-state index contributed by atoms with van der Waals surface area (Å²) in [6, 6.07) is 0. The Balaban J connectivity index is 3.03. The molecule has 0 aromatic heterocycles. The van der Waals surface area contributed by atoms with Gasteiger partial charge in [0.25, 0.3) is 0 Å². The maximum atomic E-state index is 11.7. The topological polar surface area (TPSA) is 60.4 Å². The maximum Gasteiger partial charge on any atom is 0.241 e. The number of allylic oxidation sites excluding steroid dienone is 2. The fraction of sp³-hybridized carbons (Fsp3) is 0.583. The van der Waals surface area contributed by atoms with Gasteiger partial charge in [0.2, 0.25) is 5.78 Å². The van der Waals surface area contributed by atoms with Crippen molar-refractivity contribution in [1.82, 2.24) is 0 Å². The van der Waals surface area contributed by atoms with E-state index in [1.54, 1.807) is 13.8 Å². The van der Waals surface area contributed by atoms with Crippen molar-refractivity contribution < 1.29 is 19.1 Å². The molecule has 16 heavy (non-hydrogen) atoms. The molecule has 0 bridgehead atoms. The van der Waals surface area contributed by atoms with E-state index >= 15 is 0 Å². The van der Waals surface area contributed by atoms with Gasteiger partial charge >= 0.3 is 0 Å². The number of hydrogen-bond donors (Lipinski definition) is 0. The van der Waals surface area contributed by atoms with Crippen LogP contribution in [0.15, 0.2) is 11.3 Å². The molecule has 1 rings (SSSR count). The first kappa shape index (κ1) is 12.6. The summed E-state index contributed by atoms with van der Waals surface area (Å²) in [5.74, 6) is -1.09. The lowest BCUT2D eigenvalue weighted by Gasteiger charge is -2.33. The molecule has 0 spiro atoms. The molecule has 1 unspecified atom stereocenters. The molecule has 0 radical (unpaired) electrons. The molecular formula is C12H16O4. The third-order valence-corrected chi connectivity index (χ3v) is 2.81. The van der Waals surface area contributed by atoms with Crippen molar-refractivity contribution in [2.24, 2.45) is 0 Å². The monoisotopic (exact) mass is 224 g/mol. The molecule has 4 heteroatoms. The summed E-state index contributed by atoms with van der Waals surface area (Å²) in [7, 11) is 0. The minimum absolute atomic E-state index is 0.209. The zero-order valence-corrected chi connectivity index (χ0v) is 10.0. The Morgan fingerprint density at radius 2 is 1.81 bits per heavy atom. The lowest BCUT2D eigenvalue weighted by molar-refractivity contribution is -0.150. The summed E-state index contributed by atoms with van der Waals surface area (Å²) in [6.45, 7) is 5.97. The Morgan fingerprint density at radius 1 is 1.25 bits per heavy atom. The van der Waals surface area contributed by atoms with Crippen molar-refractivity contribution in [3.05, 3.63) is 11.3 Å². The number of ether oxygens (including phenoxy) is 1. The van der Waals surface area contributed by atoms with Gasteiger partial charge in [-0.05, 0) is 32.3 Å². The lowest BCUT2D eigenvalue weighted by Crippen LogP contribution is -2.44. The van der Waals surface area contributed by atoms with Crippen molar-refractivity contribution in [1.29, 1.82) is 0 Å². The largest absolute Gasteiger partial charge is 0.476 e. The van der Waals surface area contributed by atoms with E-state index in [9.17, 15) is 14.4 Å². The quantitative estimate of drug-likeness (QED) is 0.683. The highest BCUT2D eigenvalue weighted by Gasteiger charge is 2.41. The van der Waals surface area contributed by atoms with Crippen LogP contribution in [0.25, 0.3) is 0 Å². The van der Waals surface area contributed by atoms with Crippen LogP contribution >= 0.6 is 0 Å². The van der Waals surface area contributed by atoms with Crippen molar-refractivity contribution in [2.45, 2.75) is 46.1 Å². The van der Waals surface area contributed by atoms with Gasteiger partial charge in [0.05, 0.1) is 0 Å². The van der Waals surface area contributed by atoms with Crippen molar-refractivity contribution in [2.75, 3.05) is 0 Å². The Hall–Kier alpha value is -1.45. The SMILES string of the molecule is CC(=O)C(=O)C1(C)CCC(C)=C(C(C)=O)O1. The number of Topliss-reactive ketones (excluding diaryl/α,β-unsaturated/α-hetero) is 3. The highest BCUT2D eigenvalue weighted by atomic mass is 16.5. The predicted molar refractivity (Wildman–Crippen MR) is 57.8 cm³/mol. The zero-order valence-electron chi connectivity index (χ0n) is 10.0. The van der Waals surface area contributed by atoms with Gasteiger partial charge in [0.1, 0.15) is 0 Å². The molecule has 0 saturated heterocycles. The molecular weight excluding hydrogens is 208 g/mol. The summed E-state index contributed by atoms with van der Waals surface area (Å²) < 4.78 is 5.43. The second-order valence-corrected chi connectivity index (χ2v) is 4.38. The van der Waals surface area contributed by atoms with Crippen LogP contribution < -0.4 is 0 Å². The Morgan fingerprint density at radius 3 is 2.25 bits per heavy atom. The van der Waals surface area contributed by atoms with Crippen LogP contribution in [0, 0.1) is 0 Å². The van der Waals surface area contributed by atoms with Crippen molar-refractivity contribution in [3.8, 4) is 0 Å². The van der Waals surface area contributed by atoms with Gasteiger partial charge in [-0.25, -0.2) is 0 Å². The smallest absolute Gasteiger partial charge is 0.241 e. The summed E-state index contributed by atoms with van der Waals surface area (Å²) in [5, 5.41) is 0. The molecule has 1 aliphatic heterocycles. The average molecular weight is 224 g/mol. The Bertz CT molecular complexity index is 392. The van der Waals surface area contributed by atoms with E-state index < -0.39 is 17.2 Å². The van der Waals surface area contributed by atoms with Gasteiger partial charge in [0, 0.05) is 13.8 Å². The molecule has 4 nitrogen and oxygen atoms in total. The molecule has 1 heterocycles. The van der Waals surface area contributed by atoms with Gasteiger partial charge in [-0.3, -0.25) is 14.4 Å². The van der Waals surface area contributed by atoms with Crippen molar-refractivity contribution >= 4 is 17.3 Å². The van der Waals surface area contributed by atoms with Crippen LogP contribution in [-0.4, -0.2) is 23.0 Å². The fourth-order valence-electron chi connectivity index (χ4n) is 1.81. The molecule has 1 atom stereocenters. The van der Waals surface area contributed by atoms with E-state index in [-0.39, 0.29) is 11.5 Å². The minimum atomic E-state index is -1.17. The second kappa shape index (κ2) is 4.20. The number of ketones is 3. The molecule has 0 saturated carbocycles. The Kier molecular flexibility index (Phi) is 3.31. The van der Waals surface area contributed by atoms with Gasteiger partial charge < -0.3 is 4.74 Å². The molecule has 88 valence electrons. The van der Waals surface area contributed by atoms with E-state index in [1.807, 2.05) is 0 Å². The van der Waals surface area contributed by atoms with Gasteiger partial charge in [-0.1, -0.05) is 0 Å². The fourth-order valence-corrected chi connectivity index (χ4v) is 1.81. The summed E-state index contributed by atoms with van der Waals surface area (Å²) >= 11 is 0. The van der Waals surface area contributed by atoms with E-state index in [0.29, 0.717) is 12.8 Å². The molecule has 1 aliphatic rings. The van der Waals surface area contributed by atoms with Gasteiger partial charge in [-0.15, -0.1) is 0 Å². The third kappa shape index (κ3) is 2.21. The Labute approximate surface area is 94.7 Å². The highest BCUT2D eigenvalue weighted by Crippen LogP contribution is 2.32. The predicted octanol–water partition coefficient (Wildman–Crippen LogP) is 1.58. The van der Waals surface area contributed by atoms with Gasteiger partial charge in [0.15, 0.2) is 22.9 Å². The van der Waals surface area contributed by atoms with Gasteiger partial charge in [-0.2, -0.15) is 0 Å². The van der Waals surface area contributed by atoms with Crippen LogP contribution in [0.1, 0.15) is 40.5 Å². The lowest BCUT2D eigenvalue weighted by atomic mass is 9.87. The van der Waals surface area contributed by atoms with Crippen molar-refractivity contribution in [3.63, 3.8) is 0 Å². The number of rotatable bonds is 3. The van der Waals surface area contributed by atoms with E-state index in [1.165, 1.54) is 13.8 Å². The summed E-state index contributed by atoms with van der Waals surface area (Å²) in [6.07, 6.45) is 1.04. The van der Waals surface area contributed by atoms with Crippen LogP contribution in [-0.2, 0) is 19.1 Å². The first-order chi connectivity index (χ1) is 7.28. The van der Waals surface area contributed by atoms with Crippen LogP contribution in [0.3, 0.4) is 0 Å². The number of hydrogen-bond acceptors (Lipinski definition) is 4. The molecule has 0 N–H and O–H groups in total. The normalized spacial score (nSPS) is 25.0. The summed E-state index contributed by atoms with van der Waals surface area (Å²) in [5.41, 5.74) is -0.340. The highest BCUT2D eigenvalue weighted by molar-refractivity contribution is 6.39. The first-order valence-corrected chi connectivity index (χ1v) is 5.23. The van der Waals surface area contributed by atoms with E-state index in [4.69, 9.17) is 4.74 Å². The molecule has 0 fully saturated rings. The van der Waals surface area contributed by atoms with E-state index in [0.717, 1.165) is 5.57 Å². The minimum Gasteiger partial charge on any atom is -0.476 e. The zero-order chi connectivity index (χ0) is 12.5.